The summed E-state index contributed by atoms with van der Waals surface area (Å²) in [5.41, 5.74) is 1.68. The molecule has 1 heterocycles. The summed E-state index contributed by atoms with van der Waals surface area (Å²) in [6.45, 7) is 11.0. The second-order valence-corrected chi connectivity index (χ2v) is 4.30. The van der Waals surface area contributed by atoms with Gasteiger partial charge < -0.3 is 4.74 Å². The zero-order chi connectivity index (χ0) is 9.35. The van der Waals surface area contributed by atoms with E-state index in [2.05, 4.69) is 40.7 Å². The van der Waals surface area contributed by atoms with E-state index in [0.29, 0.717) is 12.2 Å². The van der Waals surface area contributed by atoms with Gasteiger partial charge in [0.1, 0.15) is 0 Å². The van der Waals surface area contributed by atoms with E-state index in [1.54, 1.807) is 0 Å². The van der Waals surface area contributed by atoms with Gasteiger partial charge in [-0.2, -0.15) is 0 Å². The zero-order valence-corrected chi connectivity index (χ0v) is 8.85. The van der Waals surface area contributed by atoms with Crippen molar-refractivity contribution in [2.75, 3.05) is 0 Å². The Balaban J connectivity index is 2.85. The fraction of sp³-hybridized carbons (Fsp3) is 0.818. The normalized spacial score (nSPS) is 34.6. The Hall–Kier alpha value is -0.300. The average Bonchev–Trinajstić information content (AvgIpc) is 2.00. The maximum atomic E-state index is 5.84. The lowest BCUT2D eigenvalue weighted by Crippen LogP contribution is -2.37. The minimum atomic E-state index is 0.214. The molecule has 0 aliphatic carbocycles. The van der Waals surface area contributed by atoms with Gasteiger partial charge in [0.05, 0.1) is 12.2 Å². The first-order valence-electron chi connectivity index (χ1n) is 4.82. The van der Waals surface area contributed by atoms with Gasteiger partial charge in [-0.15, -0.1) is 0 Å². The molecule has 70 valence electrons. The molecule has 12 heavy (non-hydrogen) atoms. The SMILES string of the molecule is CCC1C=C(C)C(C)(C)C(C)O1. The largest absolute Gasteiger partial charge is 0.370 e. The van der Waals surface area contributed by atoms with Crippen molar-refractivity contribution in [2.45, 2.75) is 53.2 Å². The lowest BCUT2D eigenvalue weighted by atomic mass is 9.78. The minimum absolute atomic E-state index is 0.214. The molecule has 0 fully saturated rings. The van der Waals surface area contributed by atoms with Crippen molar-refractivity contribution in [3.8, 4) is 0 Å². The minimum Gasteiger partial charge on any atom is -0.370 e. The Morgan fingerprint density at radius 1 is 1.50 bits per heavy atom. The molecule has 0 radical (unpaired) electrons. The smallest absolute Gasteiger partial charge is 0.0759 e. The lowest BCUT2D eigenvalue weighted by molar-refractivity contribution is -0.0450. The van der Waals surface area contributed by atoms with Gasteiger partial charge in [0.15, 0.2) is 0 Å². The number of ether oxygens (including phenoxy) is 1. The molecule has 2 atom stereocenters. The predicted octanol–water partition coefficient (Wildman–Crippen LogP) is 3.16. The molecule has 0 amide bonds. The second-order valence-electron chi connectivity index (χ2n) is 4.30. The van der Waals surface area contributed by atoms with E-state index in [0.717, 1.165) is 6.42 Å². The first-order valence-corrected chi connectivity index (χ1v) is 4.82. The zero-order valence-electron chi connectivity index (χ0n) is 8.85. The standard InChI is InChI=1S/C11H20O/c1-6-10-7-8(2)11(4,5)9(3)12-10/h7,9-10H,6H2,1-5H3. The van der Waals surface area contributed by atoms with E-state index in [1.165, 1.54) is 5.57 Å². The summed E-state index contributed by atoms with van der Waals surface area (Å²) in [7, 11) is 0. The van der Waals surface area contributed by atoms with Crippen molar-refractivity contribution in [3.63, 3.8) is 0 Å². The molecule has 0 aromatic rings. The summed E-state index contributed by atoms with van der Waals surface area (Å²) >= 11 is 0. The highest BCUT2D eigenvalue weighted by Crippen LogP contribution is 2.37. The molecule has 1 aliphatic heterocycles. The van der Waals surface area contributed by atoms with E-state index < -0.39 is 0 Å². The van der Waals surface area contributed by atoms with Gasteiger partial charge in [0.2, 0.25) is 0 Å². The van der Waals surface area contributed by atoms with E-state index in [-0.39, 0.29) is 5.41 Å². The van der Waals surface area contributed by atoms with Crippen LogP contribution in [0.5, 0.6) is 0 Å². The molecule has 1 heteroatoms. The molecular weight excluding hydrogens is 148 g/mol. The number of rotatable bonds is 1. The third-order valence-electron chi connectivity index (χ3n) is 3.25. The highest BCUT2D eigenvalue weighted by molar-refractivity contribution is 5.16. The average molecular weight is 168 g/mol. The number of hydrogen-bond donors (Lipinski definition) is 0. The molecule has 0 bridgehead atoms. The molecule has 0 N–H and O–H groups in total. The third kappa shape index (κ3) is 1.56. The van der Waals surface area contributed by atoms with Crippen LogP contribution in [0.15, 0.2) is 11.6 Å². The van der Waals surface area contributed by atoms with Crippen molar-refractivity contribution in [3.05, 3.63) is 11.6 Å². The Labute approximate surface area is 75.8 Å². The number of hydrogen-bond acceptors (Lipinski definition) is 1. The van der Waals surface area contributed by atoms with E-state index in [9.17, 15) is 0 Å². The maximum absolute atomic E-state index is 5.84. The van der Waals surface area contributed by atoms with Gasteiger partial charge in [-0.1, -0.05) is 32.4 Å². The van der Waals surface area contributed by atoms with Crippen molar-refractivity contribution >= 4 is 0 Å². The summed E-state index contributed by atoms with van der Waals surface area (Å²) in [5.74, 6) is 0. The molecule has 2 unspecified atom stereocenters. The Bertz CT molecular complexity index is 191. The van der Waals surface area contributed by atoms with Crippen LogP contribution in [0.2, 0.25) is 0 Å². The van der Waals surface area contributed by atoms with Gasteiger partial charge in [-0.25, -0.2) is 0 Å². The summed E-state index contributed by atoms with van der Waals surface area (Å²) in [6, 6.07) is 0. The monoisotopic (exact) mass is 168 g/mol. The van der Waals surface area contributed by atoms with Crippen LogP contribution in [0, 0.1) is 5.41 Å². The van der Waals surface area contributed by atoms with E-state index in [1.807, 2.05) is 0 Å². The quantitative estimate of drug-likeness (QED) is 0.546. The van der Waals surface area contributed by atoms with Crippen LogP contribution in [-0.2, 0) is 4.74 Å². The van der Waals surface area contributed by atoms with Gasteiger partial charge in [-0.05, 0) is 20.3 Å². The van der Waals surface area contributed by atoms with Gasteiger partial charge in [0.25, 0.3) is 0 Å². The van der Waals surface area contributed by atoms with Crippen molar-refractivity contribution in [2.24, 2.45) is 5.41 Å². The Morgan fingerprint density at radius 2 is 2.08 bits per heavy atom. The van der Waals surface area contributed by atoms with Crippen LogP contribution in [0.25, 0.3) is 0 Å². The van der Waals surface area contributed by atoms with Crippen LogP contribution >= 0.6 is 0 Å². The van der Waals surface area contributed by atoms with Crippen LogP contribution in [-0.4, -0.2) is 12.2 Å². The van der Waals surface area contributed by atoms with Gasteiger partial charge in [0, 0.05) is 5.41 Å². The van der Waals surface area contributed by atoms with Crippen LogP contribution < -0.4 is 0 Å². The molecule has 1 rings (SSSR count). The highest BCUT2D eigenvalue weighted by Gasteiger charge is 2.33. The molecular formula is C11H20O. The first-order chi connectivity index (χ1) is 5.48. The highest BCUT2D eigenvalue weighted by atomic mass is 16.5. The maximum Gasteiger partial charge on any atom is 0.0759 e. The van der Waals surface area contributed by atoms with E-state index in [4.69, 9.17) is 4.74 Å². The van der Waals surface area contributed by atoms with Gasteiger partial charge in [-0.3, -0.25) is 0 Å². The molecule has 0 saturated carbocycles. The van der Waals surface area contributed by atoms with Crippen molar-refractivity contribution in [1.82, 2.24) is 0 Å². The summed E-state index contributed by atoms with van der Waals surface area (Å²) in [6.07, 6.45) is 4.03. The fourth-order valence-electron chi connectivity index (χ4n) is 1.50. The topological polar surface area (TPSA) is 9.23 Å². The third-order valence-corrected chi connectivity index (χ3v) is 3.25. The summed E-state index contributed by atoms with van der Waals surface area (Å²) in [5, 5.41) is 0. The lowest BCUT2D eigenvalue weighted by Gasteiger charge is -2.39. The van der Waals surface area contributed by atoms with E-state index >= 15 is 0 Å². The molecule has 0 spiro atoms. The second kappa shape index (κ2) is 3.21. The first kappa shape index (κ1) is 9.79. The fourth-order valence-corrected chi connectivity index (χ4v) is 1.50. The van der Waals surface area contributed by atoms with Gasteiger partial charge >= 0.3 is 0 Å². The summed E-state index contributed by atoms with van der Waals surface area (Å²) in [4.78, 5) is 0. The molecule has 0 aromatic heterocycles. The molecule has 1 nitrogen and oxygen atoms in total. The predicted molar refractivity (Wildman–Crippen MR) is 52.2 cm³/mol. The molecule has 0 aromatic carbocycles. The van der Waals surface area contributed by atoms with Crippen molar-refractivity contribution < 1.29 is 4.74 Å². The van der Waals surface area contributed by atoms with Crippen LogP contribution in [0.1, 0.15) is 41.0 Å². The Kier molecular flexibility index (Phi) is 2.62. The van der Waals surface area contributed by atoms with Crippen LogP contribution in [0.3, 0.4) is 0 Å². The summed E-state index contributed by atoms with van der Waals surface area (Å²) < 4.78 is 5.84. The van der Waals surface area contributed by atoms with Crippen molar-refractivity contribution in [1.29, 1.82) is 0 Å². The molecule has 0 saturated heterocycles. The van der Waals surface area contributed by atoms with Crippen LogP contribution in [0.4, 0.5) is 0 Å². The Morgan fingerprint density at radius 3 is 2.50 bits per heavy atom. The molecule has 1 aliphatic rings.